The topological polar surface area (TPSA) is 24.1 Å². The Labute approximate surface area is 145 Å². The summed E-state index contributed by atoms with van der Waals surface area (Å²) in [6.07, 6.45) is 0. The molecule has 0 radical (unpaired) electrons. The van der Waals surface area contributed by atoms with Gasteiger partial charge in [-0.05, 0) is 23.3 Å². The predicted molar refractivity (Wildman–Crippen MR) is 84.1 cm³/mol. The Kier molecular flexibility index (Phi) is 6.42. The van der Waals surface area contributed by atoms with Gasteiger partial charge >= 0.3 is 0 Å². The molecule has 0 amide bonds. The second-order valence-corrected chi connectivity index (χ2v) is 5.82. The zero-order chi connectivity index (χ0) is 14.7. The molecule has 0 aliphatic carbocycles. The number of hydrogen-bond donors (Lipinski definition) is 2. The maximum atomic E-state index is 13.6. The van der Waals surface area contributed by atoms with Crippen LogP contribution in [0.2, 0.25) is 5.02 Å². The second-order valence-electron chi connectivity index (χ2n) is 5.41. The third kappa shape index (κ3) is 4.09. The zero-order valence-electron chi connectivity index (χ0n) is 12.0. The number of nitrogens with one attached hydrogen (secondary N) is 2. The molecule has 2 N–H and O–H groups in total. The van der Waals surface area contributed by atoms with Crippen molar-refractivity contribution in [3.8, 4) is 0 Å². The van der Waals surface area contributed by atoms with Gasteiger partial charge in [-0.1, -0.05) is 48.0 Å². The van der Waals surface area contributed by atoms with E-state index in [1.807, 2.05) is 24.3 Å². The van der Waals surface area contributed by atoms with Crippen molar-refractivity contribution in [2.45, 2.75) is 18.5 Å². The van der Waals surface area contributed by atoms with Gasteiger partial charge in [-0.25, -0.2) is 4.39 Å². The Hall–Kier alpha value is -0.901. The van der Waals surface area contributed by atoms with Crippen molar-refractivity contribution in [2.75, 3.05) is 13.1 Å². The monoisotopic (exact) mass is 360 g/mol. The van der Waals surface area contributed by atoms with Gasteiger partial charge in [0.1, 0.15) is 5.82 Å². The van der Waals surface area contributed by atoms with Crippen LogP contribution in [0, 0.1) is 5.82 Å². The molecule has 1 fully saturated rings. The van der Waals surface area contributed by atoms with Gasteiger partial charge in [0, 0.05) is 48.7 Å². The third-order valence-corrected chi connectivity index (χ3v) is 4.30. The first-order valence-corrected chi connectivity index (χ1v) is 7.55. The Bertz CT molecular complexity index is 609. The van der Waals surface area contributed by atoms with Crippen LogP contribution in [0.15, 0.2) is 48.5 Å². The van der Waals surface area contributed by atoms with Crippen molar-refractivity contribution in [1.82, 2.24) is 10.6 Å². The Morgan fingerprint density at radius 3 is 2.64 bits per heavy atom. The molecule has 3 rings (SSSR count). The summed E-state index contributed by atoms with van der Waals surface area (Å²) in [5.74, 6) is -0.0802. The molecule has 1 aliphatic rings. The molecular weight excluding hydrogens is 342 g/mol. The first-order valence-electron chi connectivity index (χ1n) is 7.17. The molecule has 118 valence electrons. The van der Waals surface area contributed by atoms with Crippen molar-refractivity contribution in [2.24, 2.45) is 0 Å². The van der Waals surface area contributed by atoms with Crippen LogP contribution >= 0.6 is 11.6 Å². The normalized spacial score (nSPS) is 20.6. The van der Waals surface area contributed by atoms with Crippen molar-refractivity contribution in [1.29, 1.82) is 0 Å². The van der Waals surface area contributed by atoms with Crippen molar-refractivity contribution >= 4 is 11.6 Å². The summed E-state index contributed by atoms with van der Waals surface area (Å²) in [4.78, 5) is 0. The van der Waals surface area contributed by atoms with Gasteiger partial charge in [0.15, 0.2) is 0 Å². The largest absolute Gasteiger partial charge is 0.314 e. The maximum absolute atomic E-state index is 13.6. The molecule has 0 bridgehead atoms. The van der Waals surface area contributed by atoms with E-state index in [-0.39, 0.29) is 33.8 Å². The fraction of sp³-hybridized carbons (Fsp3) is 0.294. The standard InChI is InChI=1S/C17H18ClFN2.Fe/c18-15-7-6-13(8-16(15)19)14-10-20-11-17(14)21-9-12-4-2-1-3-5-12;/h1-8,14,17,20-21H,9-11H2;. The van der Waals surface area contributed by atoms with Crippen molar-refractivity contribution < 1.29 is 21.5 Å². The summed E-state index contributed by atoms with van der Waals surface area (Å²) in [6.45, 7) is 2.56. The van der Waals surface area contributed by atoms with E-state index in [9.17, 15) is 4.39 Å². The van der Waals surface area contributed by atoms with E-state index in [1.165, 1.54) is 5.56 Å². The molecular formula is C17H18ClFFeN2. The molecule has 0 aromatic heterocycles. The summed E-state index contributed by atoms with van der Waals surface area (Å²) in [5, 5.41) is 7.12. The smallest absolute Gasteiger partial charge is 0.142 e. The van der Waals surface area contributed by atoms with Crippen molar-refractivity contribution in [3.63, 3.8) is 0 Å². The molecule has 2 aromatic rings. The summed E-state index contributed by atoms with van der Waals surface area (Å²) < 4.78 is 13.6. The second kappa shape index (κ2) is 8.09. The van der Waals surface area contributed by atoms with Crippen LogP contribution in [-0.4, -0.2) is 19.1 Å². The Morgan fingerprint density at radius 2 is 1.91 bits per heavy atom. The molecule has 1 saturated heterocycles. The van der Waals surface area contributed by atoms with Gasteiger partial charge < -0.3 is 10.6 Å². The van der Waals surface area contributed by atoms with Crippen LogP contribution in [0.25, 0.3) is 0 Å². The molecule has 0 saturated carbocycles. The summed E-state index contributed by atoms with van der Waals surface area (Å²) in [5.41, 5.74) is 2.25. The van der Waals surface area contributed by atoms with Crippen LogP contribution in [0.3, 0.4) is 0 Å². The van der Waals surface area contributed by atoms with Gasteiger partial charge in [0.05, 0.1) is 5.02 Å². The van der Waals surface area contributed by atoms with E-state index < -0.39 is 0 Å². The third-order valence-electron chi connectivity index (χ3n) is 4.00. The molecule has 2 atom stereocenters. The molecule has 5 heteroatoms. The first-order chi connectivity index (χ1) is 10.2. The van der Waals surface area contributed by atoms with E-state index in [4.69, 9.17) is 11.6 Å². The SMILES string of the molecule is Fc1cc(C2CNCC2NCc2ccccc2)ccc1Cl.[Fe]. The van der Waals surface area contributed by atoms with Crippen LogP contribution in [-0.2, 0) is 23.6 Å². The van der Waals surface area contributed by atoms with Gasteiger partial charge in [0.2, 0.25) is 0 Å². The van der Waals surface area contributed by atoms with Gasteiger partial charge in [-0.3, -0.25) is 0 Å². The average Bonchev–Trinajstić information content (AvgIpc) is 2.97. The minimum Gasteiger partial charge on any atom is -0.314 e. The average molecular weight is 361 g/mol. The molecule has 1 aliphatic heterocycles. The quantitative estimate of drug-likeness (QED) is 0.817. The van der Waals surface area contributed by atoms with Crippen molar-refractivity contribution in [3.05, 3.63) is 70.5 Å². The number of hydrogen-bond acceptors (Lipinski definition) is 2. The predicted octanol–water partition coefficient (Wildman–Crippen LogP) is 3.32. The molecule has 2 aromatic carbocycles. The van der Waals surface area contributed by atoms with E-state index >= 15 is 0 Å². The first kappa shape index (κ1) is 17.5. The molecule has 0 spiro atoms. The van der Waals surface area contributed by atoms with E-state index in [2.05, 4.69) is 22.8 Å². The minimum absolute atomic E-state index is 0. The summed E-state index contributed by atoms with van der Waals surface area (Å²) >= 11 is 5.76. The van der Waals surface area contributed by atoms with Crippen LogP contribution in [0.5, 0.6) is 0 Å². The maximum Gasteiger partial charge on any atom is 0.142 e. The molecule has 2 nitrogen and oxygen atoms in total. The van der Waals surface area contributed by atoms with Gasteiger partial charge in [-0.15, -0.1) is 0 Å². The van der Waals surface area contributed by atoms with E-state index in [0.717, 1.165) is 25.2 Å². The summed E-state index contributed by atoms with van der Waals surface area (Å²) in [6, 6.07) is 15.7. The Balaban J connectivity index is 0.00000176. The zero-order valence-corrected chi connectivity index (χ0v) is 13.9. The van der Waals surface area contributed by atoms with Gasteiger partial charge in [0.25, 0.3) is 0 Å². The van der Waals surface area contributed by atoms with E-state index in [0.29, 0.717) is 6.04 Å². The summed E-state index contributed by atoms with van der Waals surface area (Å²) in [7, 11) is 0. The van der Waals surface area contributed by atoms with Crippen LogP contribution in [0.4, 0.5) is 4.39 Å². The number of benzene rings is 2. The minimum atomic E-state index is -0.345. The Morgan fingerprint density at radius 1 is 1.14 bits per heavy atom. The van der Waals surface area contributed by atoms with E-state index in [1.54, 1.807) is 12.1 Å². The number of halogens is 2. The molecule has 22 heavy (non-hydrogen) atoms. The molecule has 1 heterocycles. The fourth-order valence-corrected chi connectivity index (χ4v) is 2.95. The van der Waals surface area contributed by atoms with Gasteiger partial charge in [-0.2, -0.15) is 0 Å². The molecule has 2 unspecified atom stereocenters. The fourth-order valence-electron chi connectivity index (χ4n) is 2.83. The van der Waals surface area contributed by atoms with Crippen LogP contribution in [0.1, 0.15) is 17.0 Å². The van der Waals surface area contributed by atoms with Crippen LogP contribution < -0.4 is 10.6 Å². The number of rotatable bonds is 4.